The molecule has 0 bridgehead atoms. The Balaban J connectivity index is 1.88. The van der Waals surface area contributed by atoms with E-state index in [4.69, 9.17) is 10.3 Å². The van der Waals surface area contributed by atoms with Crippen molar-refractivity contribution in [3.63, 3.8) is 0 Å². The maximum atomic E-state index is 13.1. The number of anilines is 1. The Morgan fingerprint density at radius 2 is 2.00 bits per heavy atom. The molecule has 0 radical (unpaired) electrons. The van der Waals surface area contributed by atoms with Crippen molar-refractivity contribution in [1.82, 2.24) is 10.1 Å². The Morgan fingerprint density at radius 3 is 2.76 bits per heavy atom. The molecule has 0 aliphatic heterocycles. The van der Waals surface area contributed by atoms with E-state index >= 15 is 0 Å². The van der Waals surface area contributed by atoms with Crippen molar-refractivity contribution in [2.45, 2.75) is 13.3 Å². The van der Waals surface area contributed by atoms with Gasteiger partial charge in [0.25, 0.3) is 5.89 Å². The highest BCUT2D eigenvalue weighted by molar-refractivity contribution is 5.70. The number of aryl methyl sites for hydroxylation is 1. The molecule has 0 saturated carbocycles. The minimum Gasteiger partial charge on any atom is -0.398 e. The molecular weight excluding hydrogens is 269 g/mol. The molecule has 0 aliphatic carbocycles. The van der Waals surface area contributed by atoms with E-state index in [0.717, 1.165) is 5.56 Å². The maximum Gasteiger partial charge on any atom is 0.260 e. The zero-order chi connectivity index (χ0) is 14.8. The molecule has 1 heterocycles. The van der Waals surface area contributed by atoms with Crippen LogP contribution in [-0.4, -0.2) is 10.1 Å². The fourth-order valence-electron chi connectivity index (χ4n) is 2.14. The molecule has 3 aromatic rings. The summed E-state index contributed by atoms with van der Waals surface area (Å²) < 4.78 is 18.3. The number of nitrogen functional groups attached to an aromatic ring is 1. The quantitative estimate of drug-likeness (QED) is 0.748. The van der Waals surface area contributed by atoms with Crippen LogP contribution >= 0.6 is 0 Å². The van der Waals surface area contributed by atoms with E-state index < -0.39 is 5.82 Å². The van der Waals surface area contributed by atoms with Crippen LogP contribution in [0.1, 0.15) is 17.0 Å². The van der Waals surface area contributed by atoms with Gasteiger partial charge in [-0.1, -0.05) is 29.4 Å². The van der Waals surface area contributed by atoms with Crippen LogP contribution in [0.5, 0.6) is 0 Å². The molecule has 21 heavy (non-hydrogen) atoms. The first-order valence-electron chi connectivity index (χ1n) is 6.56. The molecule has 2 N–H and O–H groups in total. The SMILES string of the molecule is Cc1ccccc1Cc1noc(-c2ccc(F)cc2N)n1. The molecule has 2 aromatic carbocycles. The van der Waals surface area contributed by atoms with Gasteiger partial charge >= 0.3 is 0 Å². The van der Waals surface area contributed by atoms with Gasteiger partial charge in [0.05, 0.1) is 5.56 Å². The van der Waals surface area contributed by atoms with E-state index in [1.54, 1.807) is 0 Å². The molecule has 5 heteroatoms. The van der Waals surface area contributed by atoms with E-state index in [2.05, 4.69) is 10.1 Å². The third-order valence-electron chi connectivity index (χ3n) is 3.32. The Morgan fingerprint density at radius 1 is 1.19 bits per heavy atom. The monoisotopic (exact) mass is 283 g/mol. The van der Waals surface area contributed by atoms with Crippen LogP contribution < -0.4 is 5.73 Å². The third kappa shape index (κ3) is 2.76. The second-order valence-corrected chi connectivity index (χ2v) is 4.85. The molecule has 0 amide bonds. The topological polar surface area (TPSA) is 64.9 Å². The summed E-state index contributed by atoms with van der Waals surface area (Å²) in [4.78, 5) is 4.33. The second-order valence-electron chi connectivity index (χ2n) is 4.85. The molecular formula is C16H14FN3O. The lowest BCUT2D eigenvalue weighted by Crippen LogP contribution is -1.94. The fourth-order valence-corrected chi connectivity index (χ4v) is 2.14. The highest BCUT2D eigenvalue weighted by atomic mass is 19.1. The smallest absolute Gasteiger partial charge is 0.260 e. The average Bonchev–Trinajstić information content (AvgIpc) is 2.90. The Bertz CT molecular complexity index is 783. The van der Waals surface area contributed by atoms with Gasteiger partial charge in [-0.15, -0.1) is 0 Å². The highest BCUT2D eigenvalue weighted by Gasteiger charge is 2.13. The minimum absolute atomic E-state index is 0.279. The van der Waals surface area contributed by atoms with Crippen molar-refractivity contribution in [3.8, 4) is 11.5 Å². The molecule has 3 rings (SSSR count). The zero-order valence-electron chi connectivity index (χ0n) is 11.5. The summed E-state index contributed by atoms with van der Waals surface area (Å²) in [6.45, 7) is 2.04. The fraction of sp³-hybridized carbons (Fsp3) is 0.125. The van der Waals surface area contributed by atoms with Crippen molar-refractivity contribution in [3.05, 3.63) is 65.2 Å². The van der Waals surface area contributed by atoms with Gasteiger partial charge in [-0.3, -0.25) is 0 Å². The summed E-state index contributed by atoms with van der Waals surface area (Å²) >= 11 is 0. The Kier molecular flexibility index (Phi) is 3.39. The summed E-state index contributed by atoms with van der Waals surface area (Å²) in [5.41, 5.74) is 8.90. The summed E-state index contributed by atoms with van der Waals surface area (Å²) in [7, 11) is 0. The first-order valence-corrected chi connectivity index (χ1v) is 6.56. The van der Waals surface area contributed by atoms with Gasteiger partial charge in [-0.25, -0.2) is 4.39 Å². The third-order valence-corrected chi connectivity index (χ3v) is 3.32. The maximum absolute atomic E-state index is 13.1. The molecule has 0 atom stereocenters. The first kappa shape index (κ1) is 13.3. The Labute approximate surface area is 121 Å². The lowest BCUT2D eigenvalue weighted by Gasteiger charge is -2.01. The van der Waals surface area contributed by atoms with Crippen LogP contribution in [0.3, 0.4) is 0 Å². The largest absolute Gasteiger partial charge is 0.398 e. The number of nitrogens with zero attached hydrogens (tertiary/aromatic N) is 2. The highest BCUT2D eigenvalue weighted by Crippen LogP contribution is 2.25. The van der Waals surface area contributed by atoms with Gasteiger partial charge in [0.2, 0.25) is 0 Å². The molecule has 0 unspecified atom stereocenters. The van der Waals surface area contributed by atoms with Crippen molar-refractivity contribution in [2.24, 2.45) is 0 Å². The molecule has 0 spiro atoms. The van der Waals surface area contributed by atoms with E-state index in [1.807, 2.05) is 31.2 Å². The van der Waals surface area contributed by atoms with Gasteiger partial charge in [-0.2, -0.15) is 4.98 Å². The van der Waals surface area contributed by atoms with E-state index in [9.17, 15) is 4.39 Å². The van der Waals surface area contributed by atoms with Gasteiger partial charge in [0.1, 0.15) is 5.82 Å². The first-order chi connectivity index (χ1) is 10.1. The van der Waals surface area contributed by atoms with Gasteiger partial charge < -0.3 is 10.3 Å². The summed E-state index contributed by atoms with van der Waals surface area (Å²) in [6, 6.07) is 12.1. The number of hydrogen-bond acceptors (Lipinski definition) is 4. The molecule has 4 nitrogen and oxygen atoms in total. The molecule has 0 fully saturated rings. The van der Waals surface area contributed by atoms with E-state index in [-0.39, 0.29) is 5.69 Å². The van der Waals surface area contributed by atoms with E-state index in [1.165, 1.54) is 23.8 Å². The van der Waals surface area contributed by atoms with Gasteiger partial charge in [-0.05, 0) is 36.2 Å². The number of aromatic nitrogens is 2. The summed E-state index contributed by atoms with van der Waals surface area (Å²) in [6.07, 6.45) is 0.581. The summed E-state index contributed by atoms with van der Waals surface area (Å²) in [5.74, 6) is 0.481. The van der Waals surface area contributed by atoms with Crippen molar-refractivity contribution < 1.29 is 8.91 Å². The average molecular weight is 283 g/mol. The predicted molar refractivity (Wildman–Crippen MR) is 78.1 cm³/mol. The lowest BCUT2D eigenvalue weighted by molar-refractivity contribution is 0.424. The number of benzene rings is 2. The van der Waals surface area contributed by atoms with E-state index in [0.29, 0.717) is 23.7 Å². The standard InChI is InChI=1S/C16H14FN3O/c1-10-4-2-3-5-11(10)8-15-19-16(21-20-15)13-7-6-12(17)9-14(13)18/h2-7,9H,8,18H2,1H3. The molecule has 0 aliphatic rings. The number of rotatable bonds is 3. The number of nitrogens with two attached hydrogens (primary N) is 1. The van der Waals surface area contributed by atoms with Crippen molar-refractivity contribution in [1.29, 1.82) is 0 Å². The van der Waals surface area contributed by atoms with Crippen LogP contribution in [-0.2, 0) is 6.42 Å². The van der Waals surface area contributed by atoms with Crippen LogP contribution in [0.2, 0.25) is 0 Å². The van der Waals surface area contributed by atoms with Gasteiger partial charge in [0.15, 0.2) is 5.82 Å². The van der Waals surface area contributed by atoms with Crippen LogP contribution in [0.4, 0.5) is 10.1 Å². The molecule has 106 valence electrons. The number of hydrogen-bond donors (Lipinski definition) is 1. The van der Waals surface area contributed by atoms with Crippen LogP contribution in [0.25, 0.3) is 11.5 Å². The van der Waals surface area contributed by atoms with Crippen LogP contribution in [0, 0.1) is 12.7 Å². The molecule has 1 aromatic heterocycles. The lowest BCUT2D eigenvalue weighted by atomic mass is 10.1. The zero-order valence-corrected chi connectivity index (χ0v) is 11.5. The minimum atomic E-state index is -0.393. The van der Waals surface area contributed by atoms with Crippen LogP contribution in [0.15, 0.2) is 47.0 Å². The molecule has 0 saturated heterocycles. The number of halogens is 1. The van der Waals surface area contributed by atoms with Gasteiger partial charge in [0, 0.05) is 12.1 Å². The van der Waals surface area contributed by atoms with Crippen molar-refractivity contribution in [2.75, 3.05) is 5.73 Å². The Hall–Kier alpha value is -2.69. The second kappa shape index (κ2) is 5.36. The normalized spacial score (nSPS) is 10.8. The summed E-state index contributed by atoms with van der Waals surface area (Å²) in [5, 5.41) is 3.96. The van der Waals surface area contributed by atoms with Crippen molar-refractivity contribution >= 4 is 5.69 Å². The predicted octanol–water partition coefficient (Wildman–Crippen LogP) is 3.36.